The van der Waals surface area contributed by atoms with Gasteiger partial charge in [-0.25, -0.2) is 13.1 Å². The highest BCUT2D eigenvalue weighted by atomic mass is 35.5. The zero-order valence-electron chi connectivity index (χ0n) is 13.9. The largest absolute Gasteiger partial charge is 0.378 e. The van der Waals surface area contributed by atoms with Crippen LogP contribution in [0.5, 0.6) is 0 Å². The summed E-state index contributed by atoms with van der Waals surface area (Å²) >= 11 is 0. The molecule has 0 saturated carbocycles. The molecule has 2 fully saturated rings. The number of carbonyl (C=O) groups excluding carboxylic acids is 1. The number of ether oxygens (including phenoxy) is 1. The molecule has 2 heterocycles. The maximum atomic E-state index is 12.4. The van der Waals surface area contributed by atoms with Crippen LogP contribution in [0.3, 0.4) is 0 Å². The lowest BCUT2D eigenvalue weighted by molar-refractivity contribution is 0.0303. The van der Waals surface area contributed by atoms with E-state index in [1.807, 2.05) is 0 Å². The second-order valence-corrected chi connectivity index (χ2v) is 7.84. The van der Waals surface area contributed by atoms with Gasteiger partial charge < -0.3 is 15.0 Å². The number of rotatable bonds is 5. The summed E-state index contributed by atoms with van der Waals surface area (Å²) in [4.78, 5) is 14.3. The van der Waals surface area contributed by atoms with Crippen LogP contribution in [0.25, 0.3) is 0 Å². The van der Waals surface area contributed by atoms with Gasteiger partial charge >= 0.3 is 0 Å². The smallest absolute Gasteiger partial charge is 0.254 e. The third-order valence-electron chi connectivity index (χ3n) is 4.39. The number of halogens is 1. The molecule has 0 aliphatic carbocycles. The predicted octanol–water partition coefficient (Wildman–Crippen LogP) is 0.611. The Morgan fingerprint density at radius 2 is 1.92 bits per heavy atom. The molecule has 0 radical (unpaired) electrons. The summed E-state index contributed by atoms with van der Waals surface area (Å²) in [6.45, 7) is 3.53. The van der Waals surface area contributed by atoms with Gasteiger partial charge in [-0.2, -0.15) is 0 Å². The van der Waals surface area contributed by atoms with Crippen molar-refractivity contribution in [3.8, 4) is 0 Å². The van der Waals surface area contributed by atoms with Crippen LogP contribution in [0.2, 0.25) is 0 Å². The van der Waals surface area contributed by atoms with Gasteiger partial charge in [0, 0.05) is 31.2 Å². The number of nitrogens with one attached hydrogen (secondary N) is 2. The summed E-state index contributed by atoms with van der Waals surface area (Å²) in [5.41, 5.74) is 0.494. The summed E-state index contributed by atoms with van der Waals surface area (Å²) in [6, 6.07) is 6.30. The van der Waals surface area contributed by atoms with Crippen LogP contribution in [0, 0.1) is 0 Å². The van der Waals surface area contributed by atoms with Crippen molar-refractivity contribution in [1.29, 1.82) is 0 Å². The Morgan fingerprint density at radius 1 is 1.24 bits per heavy atom. The zero-order valence-corrected chi connectivity index (χ0v) is 15.6. The van der Waals surface area contributed by atoms with Crippen molar-refractivity contribution in [2.24, 2.45) is 0 Å². The van der Waals surface area contributed by atoms with Crippen molar-refractivity contribution in [2.45, 2.75) is 23.8 Å². The number of benzene rings is 1. The minimum absolute atomic E-state index is 0. The number of hydrogen-bond donors (Lipinski definition) is 2. The van der Waals surface area contributed by atoms with Crippen molar-refractivity contribution in [3.63, 3.8) is 0 Å². The summed E-state index contributed by atoms with van der Waals surface area (Å²) in [5.74, 6) is -0.0923. The Kier molecular flexibility index (Phi) is 7.21. The molecule has 1 amide bonds. The van der Waals surface area contributed by atoms with E-state index in [0.29, 0.717) is 38.4 Å². The molecular weight excluding hydrogens is 366 g/mol. The Labute approximate surface area is 154 Å². The highest BCUT2D eigenvalue weighted by Crippen LogP contribution is 2.14. The highest BCUT2D eigenvalue weighted by molar-refractivity contribution is 7.89. The average Bonchev–Trinajstić information content (AvgIpc) is 3.14. The molecule has 1 atom stereocenters. The predicted molar refractivity (Wildman–Crippen MR) is 96.6 cm³/mol. The molecule has 2 aliphatic heterocycles. The van der Waals surface area contributed by atoms with Gasteiger partial charge in [-0.15, -0.1) is 12.4 Å². The fourth-order valence-electron chi connectivity index (χ4n) is 2.95. The Bertz CT molecular complexity index is 669. The lowest BCUT2D eigenvalue weighted by Gasteiger charge is -2.26. The molecular formula is C16H24ClN3O4S. The van der Waals surface area contributed by atoms with E-state index >= 15 is 0 Å². The van der Waals surface area contributed by atoms with Crippen LogP contribution in [-0.2, 0) is 14.8 Å². The maximum Gasteiger partial charge on any atom is 0.254 e. The van der Waals surface area contributed by atoms with Gasteiger partial charge in [-0.3, -0.25) is 4.79 Å². The van der Waals surface area contributed by atoms with Crippen LogP contribution < -0.4 is 10.0 Å². The van der Waals surface area contributed by atoms with Crippen molar-refractivity contribution >= 4 is 28.3 Å². The molecule has 25 heavy (non-hydrogen) atoms. The Hall–Kier alpha value is -1.19. The molecule has 1 aromatic rings. The first-order valence-corrected chi connectivity index (χ1v) is 9.75. The molecule has 0 spiro atoms. The lowest BCUT2D eigenvalue weighted by atomic mass is 10.2. The monoisotopic (exact) mass is 389 g/mol. The number of sulfonamides is 1. The van der Waals surface area contributed by atoms with Gasteiger partial charge in [0.2, 0.25) is 10.0 Å². The van der Waals surface area contributed by atoms with E-state index in [2.05, 4.69) is 10.0 Å². The number of amides is 1. The van der Waals surface area contributed by atoms with Gasteiger partial charge in [0.15, 0.2) is 0 Å². The van der Waals surface area contributed by atoms with E-state index in [1.54, 1.807) is 17.0 Å². The van der Waals surface area contributed by atoms with Crippen LogP contribution >= 0.6 is 12.4 Å². The minimum Gasteiger partial charge on any atom is -0.378 e. The van der Waals surface area contributed by atoms with Crippen molar-refractivity contribution < 1.29 is 17.9 Å². The van der Waals surface area contributed by atoms with Crippen molar-refractivity contribution in [1.82, 2.24) is 14.9 Å². The molecule has 0 aromatic heterocycles. The second-order valence-electron chi connectivity index (χ2n) is 6.07. The van der Waals surface area contributed by atoms with Gasteiger partial charge in [0.1, 0.15) is 0 Å². The van der Waals surface area contributed by atoms with Crippen LogP contribution in [-0.4, -0.2) is 64.7 Å². The van der Waals surface area contributed by atoms with E-state index in [1.165, 1.54) is 12.1 Å². The normalized spacial score (nSPS) is 21.0. The molecule has 2 aliphatic rings. The van der Waals surface area contributed by atoms with Crippen molar-refractivity contribution in [3.05, 3.63) is 29.8 Å². The molecule has 140 valence electrons. The van der Waals surface area contributed by atoms with E-state index in [9.17, 15) is 13.2 Å². The maximum absolute atomic E-state index is 12.4. The number of hydrogen-bond acceptors (Lipinski definition) is 5. The van der Waals surface area contributed by atoms with Crippen LogP contribution in [0.15, 0.2) is 29.2 Å². The molecule has 7 nitrogen and oxygen atoms in total. The van der Waals surface area contributed by atoms with Gasteiger partial charge in [-0.1, -0.05) is 0 Å². The lowest BCUT2D eigenvalue weighted by Crippen LogP contribution is -2.40. The molecule has 1 unspecified atom stereocenters. The van der Waals surface area contributed by atoms with Crippen LogP contribution in [0.4, 0.5) is 0 Å². The molecule has 9 heteroatoms. The fraction of sp³-hybridized carbons (Fsp3) is 0.562. The first-order chi connectivity index (χ1) is 11.6. The summed E-state index contributed by atoms with van der Waals surface area (Å²) in [7, 11) is -3.55. The van der Waals surface area contributed by atoms with Gasteiger partial charge in [-0.05, 0) is 43.7 Å². The van der Waals surface area contributed by atoms with E-state index in [-0.39, 0.29) is 29.3 Å². The quantitative estimate of drug-likeness (QED) is 0.770. The molecule has 0 bridgehead atoms. The summed E-state index contributed by atoms with van der Waals surface area (Å²) in [5, 5.41) is 3.25. The van der Waals surface area contributed by atoms with E-state index in [0.717, 1.165) is 19.4 Å². The summed E-state index contributed by atoms with van der Waals surface area (Å²) in [6.07, 6.45) is 2.06. The van der Waals surface area contributed by atoms with Crippen molar-refractivity contribution in [2.75, 3.05) is 39.4 Å². The number of morpholine rings is 1. The topological polar surface area (TPSA) is 87.7 Å². The zero-order chi connectivity index (χ0) is 17.0. The average molecular weight is 390 g/mol. The molecule has 1 aromatic carbocycles. The first-order valence-electron chi connectivity index (χ1n) is 8.26. The fourth-order valence-corrected chi connectivity index (χ4v) is 4.03. The van der Waals surface area contributed by atoms with Gasteiger partial charge in [0.05, 0.1) is 18.1 Å². The molecule has 3 rings (SSSR count). The van der Waals surface area contributed by atoms with E-state index in [4.69, 9.17) is 4.74 Å². The first kappa shape index (κ1) is 20.1. The highest BCUT2D eigenvalue weighted by Gasteiger charge is 2.21. The van der Waals surface area contributed by atoms with Gasteiger partial charge in [0.25, 0.3) is 5.91 Å². The molecule has 2 saturated heterocycles. The third-order valence-corrected chi connectivity index (χ3v) is 5.83. The number of nitrogens with zero attached hydrogens (tertiary/aromatic N) is 1. The second kappa shape index (κ2) is 8.95. The summed E-state index contributed by atoms with van der Waals surface area (Å²) < 4.78 is 32.5. The standard InChI is InChI=1S/C16H23N3O4S.ClH/c20-16(19-8-10-23-11-9-19)13-3-5-15(6-4-13)24(21,22)18-12-14-2-1-7-17-14;/h3-6,14,17-18H,1-2,7-12H2;1H. The Balaban J connectivity index is 0.00000225. The third kappa shape index (κ3) is 5.15. The SMILES string of the molecule is Cl.O=C(c1ccc(S(=O)(=O)NCC2CCCN2)cc1)N1CCOCC1. The Morgan fingerprint density at radius 3 is 2.52 bits per heavy atom. The molecule has 2 N–H and O–H groups in total. The number of carbonyl (C=O) groups is 1. The van der Waals surface area contributed by atoms with Crippen LogP contribution in [0.1, 0.15) is 23.2 Å². The van der Waals surface area contributed by atoms with E-state index < -0.39 is 10.0 Å². The minimum atomic E-state index is -3.55.